The van der Waals surface area contributed by atoms with Gasteiger partial charge in [-0.2, -0.15) is 5.10 Å². The van der Waals surface area contributed by atoms with Crippen molar-refractivity contribution in [2.45, 2.75) is 52.1 Å². The molecule has 1 atom stereocenters. The van der Waals surface area contributed by atoms with Gasteiger partial charge in [-0.15, -0.1) is 0 Å². The Bertz CT molecular complexity index is 691. The number of aryl methyl sites for hydroxylation is 2. The summed E-state index contributed by atoms with van der Waals surface area (Å²) in [6, 6.07) is -0.566. The number of rotatable bonds is 3. The zero-order valence-corrected chi connectivity index (χ0v) is 14.5. The molecule has 2 fully saturated rings. The Labute approximate surface area is 140 Å². The molecule has 130 valence electrons. The average molecular weight is 333 g/mol. The molecular formula is C16H23N5O3. The summed E-state index contributed by atoms with van der Waals surface area (Å²) in [4.78, 5) is 40.3. The van der Waals surface area contributed by atoms with Gasteiger partial charge in [-0.05, 0) is 34.1 Å². The molecule has 0 saturated carbocycles. The van der Waals surface area contributed by atoms with E-state index in [4.69, 9.17) is 0 Å². The molecule has 3 heterocycles. The predicted molar refractivity (Wildman–Crippen MR) is 86.2 cm³/mol. The lowest BCUT2D eigenvalue weighted by Crippen LogP contribution is -2.50. The standard InChI is InChI=1S/C16H23N5O3/c1-9(2)21-14(23)16(17-15(21)24)5-6-20(8-16)13(22)7-12-10(3)18-19-11(12)4/h9H,5-8H2,1-4H3,(H,17,24)(H,18,19). The molecule has 2 N–H and O–H groups in total. The highest BCUT2D eigenvalue weighted by Crippen LogP contribution is 2.30. The number of hydrogen-bond donors (Lipinski definition) is 2. The molecule has 2 saturated heterocycles. The number of nitrogens with zero attached hydrogens (tertiary/aromatic N) is 3. The maximum atomic E-state index is 12.7. The Morgan fingerprint density at radius 2 is 2.04 bits per heavy atom. The number of likely N-dealkylation sites (tertiary alicyclic amines) is 1. The highest BCUT2D eigenvalue weighted by Gasteiger charge is 2.55. The molecule has 4 amide bonds. The third-order valence-electron chi connectivity index (χ3n) is 4.94. The monoisotopic (exact) mass is 333 g/mol. The summed E-state index contributed by atoms with van der Waals surface area (Å²) in [6.45, 7) is 8.05. The number of aromatic nitrogens is 2. The van der Waals surface area contributed by atoms with Gasteiger partial charge in [-0.25, -0.2) is 4.79 Å². The van der Waals surface area contributed by atoms with E-state index in [-0.39, 0.29) is 36.9 Å². The highest BCUT2D eigenvalue weighted by atomic mass is 16.2. The quantitative estimate of drug-likeness (QED) is 0.787. The van der Waals surface area contributed by atoms with Gasteiger partial charge < -0.3 is 10.2 Å². The number of nitrogens with one attached hydrogen (secondary N) is 2. The van der Waals surface area contributed by atoms with Gasteiger partial charge in [0.2, 0.25) is 5.91 Å². The minimum atomic E-state index is -0.961. The number of hydrogen-bond acceptors (Lipinski definition) is 4. The second kappa shape index (κ2) is 5.61. The number of imide groups is 1. The summed E-state index contributed by atoms with van der Waals surface area (Å²) in [5, 5.41) is 9.78. The highest BCUT2D eigenvalue weighted by molar-refractivity contribution is 6.08. The van der Waals surface area contributed by atoms with Crippen molar-refractivity contribution in [3.05, 3.63) is 17.0 Å². The predicted octanol–water partition coefficient (Wildman–Crippen LogP) is 0.500. The van der Waals surface area contributed by atoms with Crippen molar-refractivity contribution in [2.24, 2.45) is 0 Å². The van der Waals surface area contributed by atoms with Crippen LogP contribution in [0.2, 0.25) is 0 Å². The Balaban J connectivity index is 1.73. The molecule has 1 unspecified atom stereocenters. The number of urea groups is 1. The van der Waals surface area contributed by atoms with Gasteiger partial charge in [-0.3, -0.25) is 19.6 Å². The normalized spacial score (nSPS) is 23.7. The zero-order valence-electron chi connectivity index (χ0n) is 14.5. The Morgan fingerprint density at radius 1 is 1.33 bits per heavy atom. The second-order valence-corrected chi connectivity index (χ2v) is 6.94. The number of carbonyl (C=O) groups excluding carboxylic acids is 3. The number of carbonyl (C=O) groups is 3. The minimum Gasteiger partial charge on any atom is -0.339 e. The van der Waals surface area contributed by atoms with Gasteiger partial charge in [0, 0.05) is 23.8 Å². The topological polar surface area (TPSA) is 98.4 Å². The van der Waals surface area contributed by atoms with Crippen LogP contribution in [0.1, 0.15) is 37.2 Å². The van der Waals surface area contributed by atoms with E-state index in [1.807, 2.05) is 13.8 Å². The molecule has 2 aliphatic heterocycles. The first-order valence-corrected chi connectivity index (χ1v) is 8.19. The van der Waals surface area contributed by atoms with Crippen LogP contribution in [-0.4, -0.2) is 62.5 Å². The van der Waals surface area contributed by atoms with Crippen LogP contribution in [0.4, 0.5) is 4.79 Å². The summed E-state index contributed by atoms with van der Waals surface area (Å²) in [5.41, 5.74) is 1.63. The molecular weight excluding hydrogens is 310 g/mol. The molecule has 0 bridgehead atoms. The molecule has 2 aliphatic rings. The van der Waals surface area contributed by atoms with Crippen LogP contribution in [0, 0.1) is 13.8 Å². The van der Waals surface area contributed by atoms with Gasteiger partial charge >= 0.3 is 6.03 Å². The largest absolute Gasteiger partial charge is 0.339 e. The first-order valence-electron chi connectivity index (χ1n) is 8.19. The van der Waals surface area contributed by atoms with Crippen LogP contribution in [0.5, 0.6) is 0 Å². The third kappa shape index (κ3) is 2.46. The van der Waals surface area contributed by atoms with Crippen molar-refractivity contribution in [1.82, 2.24) is 25.3 Å². The first-order chi connectivity index (χ1) is 11.2. The van der Waals surface area contributed by atoms with Gasteiger partial charge in [0.15, 0.2) is 0 Å². The molecule has 3 rings (SSSR count). The second-order valence-electron chi connectivity index (χ2n) is 6.94. The zero-order chi connectivity index (χ0) is 17.6. The molecule has 0 aliphatic carbocycles. The maximum Gasteiger partial charge on any atom is 0.325 e. The molecule has 1 aromatic rings. The van der Waals surface area contributed by atoms with E-state index in [1.54, 1.807) is 18.7 Å². The third-order valence-corrected chi connectivity index (χ3v) is 4.94. The lowest BCUT2D eigenvalue weighted by Gasteiger charge is -2.23. The smallest absolute Gasteiger partial charge is 0.325 e. The van der Waals surface area contributed by atoms with Crippen molar-refractivity contribution >= 4 is 17.8 Å². The summed E-state index contributed by atoms with van der Waals surface area (Å²) in [7, 11) is 0. The van der Waals surface area contributed by atoms with Crippen LogP contribution in [0.15, 0.2) is 0 Å². The van der Waals surface area contributed by atoms with Crippen LogP contribution in [0.25, 0.3) is 0 Å². The van der Waals surface area contributed by atoms with Crippen molar-refractivity contribution in [3.63, 3.8) is 0 Å². The number of amides is 4. The van der Waals surface area contributed by atoms with E-state index >= 15 is 0 Å². The Morgan fingerprint density at radius 3 is 2.58 bits per heavy atom. The van der Waals surface area contributed by atoms with Crippen LogP contribution >= 0.6 is 0 Å². The van der Waals surface area contributed by atoms with Crippen LogP contribution in [-0.2, 0) is 16.0 Å². The molecule has 0 aromatic carbocycles. The summed E-state index contributed by atoms with van der Waals surface area (Å²) >= 11 is 0. The fraction of sp³-hybridized carbons (Fsp3) is 0.625. The van der Waals surface area contributed by atoms with Gasteiger partial charge in [0.25, 0.3) is 5.91 Å². The molecule has 8 heteroatoms. The minimum absolute atomic E-state index is 0.0514. The molecule has 1 spiro atoms. The number of aromatic amines is 1. The summed E-state index contributed by atoms with van der Waals surface area (Å²) in [6.07, 6.45) is 0.705. The van der Waals surface area contributed by atoms with E-state index in [1.165, 1.54) is 4.90 Å². The first kappa shape index (κ1) is 16.5. The van der Waals surface area contributed by atoms with Crippen molar-refractivity contribution < 1.29 is 14.4 Å². The fourth-order valence-electron chi connectivity index (χ4n) is 3.51. The van der Waals surface area contributed by atoms with Crippen molar-refractivity contribution in [3.8, 4) is 0 Å². The van der Waals surface area contributed by atoms with E-state index in [0.717, 1.165) is 17.0 Å². The summed E-state index contributed by atoms with van der Waals surface area (Å²) < 4.78 is 0. The van der Waals surface area contributed by atoms with E-state index < -0.39 is 5.54 Å². The van der Waals surface area contributed by atoms with E-state index in [2.05, 4.69) is 15.5 Å². The van der Waals surface area contributed by atoms with Crippen LogP contribution in [0.3, 0.4) is 0 Å². The van der Waals surface area contributed by atoms with E-state index in [0.29, 0.717) is 13.0 Å². The van der Waals surface area contributed by atoms with Crippen LogP contribution < -0.4 is 5.32 Å². The van der Waals surface area contributed by atoms with Gasteiger partial charge in [0.1, 0.15) is 5.54 Å². The lowest BCUT2D eigenvalue weighted by atomic mass is 9.98. The van der Waals surface area contributed by atoms with E-state index in [9.17, 15) is 14.4 Å². The molecule has 0 radical (unpaired) electrons. The molecule has 24 heavy (non-hydrogen) atoms. The SMILES string of the molecule is Cc1n[nH]c(C)c1CC(=O)N1CCC2(C1)NC(=O)N(C(C)C)C2=O. The number of H-pyrrole nitrogens is 1. The van der Waals surface area contributed by atoms with Gasteiger partial charge in [-0.1, -0.05) is 0 Å². The van der Waals surface area contributed by atoms with Crippen molar-refractivity contribution in [2.75, 3.05) is 13.1 Å². The fourth-order valence-corrected chi connectivity index (χ4v) is 3.51. The molecule has 1 aromatic heterocycles. The lowest BCUT2D eigenvalue weighted by molar-refractivity contribution is -0.133. The Kier molecular flexibility index (Phi) is 3.85. The summed E-state index contributed by atoms with van der Waals surface area (Å²) in [5.74, 6) is -0.280. The average Bonchev–Trinajstić information content (AvgIpc) is 3.13. The van der Waals surface area contributed by atoms with Gasteiger partial charge in [0.05, 0.1) is 18.7 Å². The maximum absolute atomic E-state index is 12.7. The Hall–Kier alpha value is -2.38. The van der Waals surface area contributed by atoms with Crippen molar-refractivity contribution in [1.29, 1.82) is 0 Å². The molecule has 8 nitrogen and oxygen atoms in total.